The first kappa shape index (κ1) is 14.4. The van der Waals surface area contributed by atoms with Crippen LogP contribution in [0.2, 0.25) is 0 Å². The van der Waals surface area contributed by atoms with Crippen LogP contribution >= 0.6 is 0 Å². The van der Waals surface area contributed by atoms with Gasteiger partial charge in [-0.25, -0.2) is 14.8 Å². The molecule has 1 aromatic heterocycles. The van der Waals surface area contributed by atoms with Crippen molar-refractivity contribution in [1.29, 1.82) is 0 Å². The number of ether oxygens (including phenoxy) is 1. The third-order valence-corrected chi connectivity index (χ3v) is 3.30. The number of likely N-dealkylation sites (tertiary alicyclic amines) is 1. The van der Waals surface area contributed by atoms with E-state index >= 15 is 0 Å². The summed E-state index contributed by atoms with van der Waals surface area (Å²) in [6, 6.07) is 0. The van der Waals surface area contributed by atoms with Gasteiger partial charge in [-0.1, -0.05) is 0 Å². The number of carbonyl (C=O) groups excluding carboxylic acids is 1. The van der Waals surface area contributed by atoms with Crippen molar-refractivity contribution in [3.8, 4) is 0 Å². The van der Waals surface area contributed by atoms with Crippen LogP contribution in [0.3, 0.4) is 0 Å². The monoisotopic (exact) mass is 279 g/mol. The summed E-state index contributed by atoms with van der Waals surface area (Å²) in [5, 5.41) is 8.75. The minimum absolute atomic E-state index is 0.169. The van der Waals surface area contributed by atoms with Crippen LogP contribution in [0.4, 0.5) is 0 Å². The molecule has 0 aliphatic carbocycles. The second-order valence-electron chi connectivity index (χ2n) is 4.81. The number of carbonyl (C=O) groups is 2. The highest BCUT2D eigenvalue weighted by molar-refractivity contribution is 5.92. The summed E-state index contributed by atoms with van der Waals surface area (Å²) in [6.07, 6.45) is 4.29. The van der Waals surface area contributed by atoms with Gasteiger partial charge in [0.05, 0.1) is 19.0 Å². The SMILES string of the molecule is COCC1CCCN(C(=O)c2cnc(C(=O)O)cn2)C1. The third-order valence-electron chi connectivity index (χ3n) is 3.30. The number of amides is 1. The smallest absolute Gasteiger partial charge is 0.356 e. The summed E-state index contributed by atoms with van der Waals surface area (Å²) in [6.45, 7) is 1.95. The van der Waals surface area contributed by atoms with Crippen LogP contribution in [-0.2, 0) is 4.74 Å². The molecular weight excluding hydrogens is 262 g/mol. The predicted octanol–water partition coefficient (Wildman–Crippen LogP) is 0.673. The molecule has 0 radical (unpaired) electrons. The molecule has 1 atom stereocenters. The van der Waals surface area contributed by atoms with Gasteiger partial charge in [-0.2, -0.15) is 0 Å². The standard InChI is InChI=1S/C13H17N3O4/c1-20-8-9-3-2-4-16(7-9)12(17)10-5-15-11(6-14-10)13(18)19/h5-6,9H,2-4,7-8H2,1H3,(H,18,19). The van der Waals surface area contributed by atoms with Crippen molar-refractivity contribution in [1.82, 2.24) is 14.9 Å². The van der Waals surface area contributed by atoms with E-state index in [4.69, 9.17) is 9.84 Å². The molecule has 108 valence electrons. The van der Waals surface area contributed by atoms with E-state index in [9.17, 15) is 9.59 Å². The molecule has 2 heterocycles. The maximum atomic E-state index is 12.3. The van der Waals surface area contributed by atoms with Crippen LogP contribution in [0.25, 0.3) is 0 Å². The van der Waals surface area contributed by atoms with E-state index in [-0.39, 0.29) is 17.3 Å². The molecule has 1 saturated heterocycles. The van der Waals surface area contributed by atoms with Gasteiger partial charge in [0.25, 0.3) is 5.91 Å². The molecule has 0 saturated carbocycles. The number of carboxylic acids is 1. The summed E-state index contributed by atoms with van der Waals surface area (Å²) in [5.41, 5.74) is 0.00511. The summed E-state index contributed by atoms with van der Waals surface area (Å²) in [7, 11) is 1.65. The second kappa shape index (κ2) is 6.42. The minimum Gasteiger partial charge on any atom is -0.476 e. The number of carboxylic acid groups (broad SMARTS) is 1. The van der Waals surface area contributed by atoms with Crippen LogP contribution in [0, 0.1) is 5.92 Å². The zero-order valence-corrected chi connectivity index (χ0v) is 11.3. The van der Waals surface area contributed by atoms with Crippen molar-refractivity contribution < 1.29 is 19.4 Å². The normalized spacial score (nSPS) is 18.9. The second-order valence-corrected chi connectivity index (χ2v) is 4.81. The lowest BCUT2D eigenvalue weighted by Gasteiger charge is -2.32. The lowest BCUT2D eigenvalue weighted by atomic mass is 9.99. The molecule has 1 unspecified atom stereocenters. The molecule has 2 rings (SSSR count). The predicted molar refractivity (Wildman–Crippen MR) is 69.5 cm³/mol. The Bertz CT molecular complexity index is 487. The Morgan fingerprint density at radius 3 is 2.70 bits per heavy atom. The van der Waals surface area contributed by atoms with E-state index in [0.717, 1.165) is 19.0 Å². The van der Waals surface area contributed by atoms with Crippen molar-refractivity contribution in [2.75, 3.05) is 26.8 Å². The van der Waals surface area contributed by atoms with E-state index < -0.39 is 5.97 Å². The van der Waals surface area contributed by atoms with Gasteiger partial charge in [0.2, 0.25) is 0 Å². The van der Waals surface area contributed by atoms with Crippen LogP contribution in [-0.4, -0.2) is 58.7 Å². The van der Waals surface area contributed by atoms with Crippen molar-refractivity contribution in [3.05, 3.63) is 23.8 Å². The van der Waals surface area contributed by atoms with Gasteiger partial charge in [-0.05, 0) is 18.8 Å². The molecule has 1 fully saturated rings. The van der Waals surface area contributed by atoms with Crippen LogP contribution < -0.4 is 0 Å². The highest BCUT2D eigenvalue weighted by atomic mass is 16.5. The molecule has 20 heavy (non-hydrogen) atoms. The average Bonchev–Trinajstić information content (AvgIpc) is 2.47. The van der Waals surface area contributed by atoms with Gasteiger partial charge in [-0.3, -0.25) is 4.79 Å². The summed E-state index contributed by atoms with van der Waals surface area (Å²) in [5.74, 6) is -1.03. The van der Waals surface area contributed by atoms with Crippen molar-refractivity contribution in [2.24, 2.45) is 5.92 Å². The van der Waals surface area contributed by atoms with E-state index in [1.807, 2.05) is 0 Å². The van der Waals surface area contributed by atoms with Gasteiger partial charge in [0, 0.05) is 20.2 Å². The summed E-state index contributed by atoms with van der Waals surface area (Å²) >= 11 is 0. The number of aromatic nitrogens is 2. The molecule has 1 aliphatic rings. The number of aromatic carboxylic acids is 1. The minimum atomic E-state index is -1.16. The molecule has 7 heteroatoms. The summed E-state index contributed by atoms with van der Waals surface area (Å²) < 4.78 is 5.13. The van der Waals surface area contributed by atoms with Gasteiger partial charge >= 0.3 is 5.97 Å². The maximum Gasteiger partial charge on any atom is 0.356 e. The van der Waals surface area contributed by atoms with Gasteiger partial charge in [0.15, 0.2) is 5.69 Å². The molecule has 1 aromatic rings. The number of nitrogens with zero attached hydrogens (tertiary/aromatic N) is 3. The Morgan fingerprint density at radius 1 is 1.40 bits per heavy atom. The molecule has 0 bridgehead atoms. The number of hydrogen-bond acceptors (Lipinski definition) is 5. The average molecular weight is 279 g/mol. The Morgan fingerprint density at radius 2 is 2.10 bits per heavy atom. The maximum absolute atomic E-state index is 12.3. The Labute approximate surface area is 116 Å². The van der Waals surface area contributed by atoms with Gasteiger partial charge < -0.3 is 14.7 Å². The molecule has 1 aliphatic heterocycles. The number of hydrogen-bond donors (Lipinski definition) is 1. The number of piperidine rings is 1. The first-order chi connectivity index (χ1) is 9.61. The van der Waals surface area contributed by atoms with Crippen LogP contribution in [0.15, 0.2) is 12.4 Å². The Kier molecular flexibility index (Phi) is 4.62. The highest BCUT2D eigenvalue weighted by Gasteiger charge is 2.25. The third kappa shape index (κ3) is 3.30. The Balaban J connectivity index is 2.04. The fourth-order valence-corrected chi connectivity index (χ4v) is 2.33. The van der Waals surface area contributed by atoms with Crippen molar-refractivity contribution in [2.45, 2.75) is 12.8 Å². The van der Waals surface area contributed by atoms with Crippen molar-refractivity contribution in [3.63, 3.8) is 0 Å². The lowest BCUT2D eigenvalue weighted by molar-refractivity contribution is 0.0563. The summed E-state index contributed by atoms with van der Waals surface area (Å²) in [4.78, 5) is 32.3. The quantitative estimate of drug-likeness (QED) is 0.871. The van der Waals surface area contributed by atoms with E-state index in [1.165, 1.54) is 6.20 Å². The Hall–Kier alpha value is -2.02. The zero-order valence-electron chi connectivity index (χ0n) is 11.3. The van der Waals surface area contributed by atoms with Crippen LogP contribution in [0.5, 0.6) is 0 Å². The topological polar surface area (TPSA) is 92.6 Å². The zero-order chi connectivity index (χ0) is 14.5. The number of rotatable bonds is 4. The van der Waals surface area contributed by atoms with E-state index in [2.05, 4.69) is 9.97 Å². The molecule has 0 aromatic carbocycles. The molecule has 1 amide bonds. The lowest BCUT2D eigenvalue weighted by Crippen LogP contribution is -2.41. The first-order valence-electron chi connectivity index (χ1n) is 6.45. The highest BCUT2D eigenvalue weighted by Crippen LogP contribution is 2.18. The largest absolute Gasteiger partial charge is 0.476 e. The van der Waals surface area contributed by atoms with Gasteiger partial charge in [0.1, 0.15) is 5.69 Å². The molecular formula is C13H17N3O4. The number of methoxy groups -OCH3 is 1. The fraction of sp³-hybridized carbons (Fsp3) is 0.538. The molecule has 1 N–H and O–H groups in total. The van der Waals surface area contributed by atoms with E-state index in [1.54, 1.807) is 12.0 Å². The molecule has 0 spiro atoms. The fourth-order valence-electron chi connectivity index (χ4n) is 2.33. The van der Waals surface area contributed by atoms with E-state index in [0.29, 0.717) is 25.6 Å². The van der Waals surface area contributed by atoms with Crippen molar-refractivity contribution >= 4 is 11.9 Å². The van der Waals surface area contributed by atoms with Crippen LogP contribution in [0.1, 0.15) is 33.8 Å². The first-order valence-corrected chi connectivity index (χ1v) is 6.45. The van der Waals surface area contributed by atoms with Gasteiger partial charge in [-0.15, -0.1) is 0 Å². The molecule has 7 nitrogen and oxygen atoms in total.